The lowest BCUT2D eigenvalue weighted by Crippen LogP contribution is -2.51. The average molecular weight is 621 g/mol. The van der Waals surface area contributed by atoms with Gasteiger partial charge in [0.15, 0.2) is 21.4 Å². The van der Waals surface area contributed by atoms with Crippen molar-refractivity contribution in [3.8, 4) is 22.6 Å². The van der Waals surface area contributed by atoms with Crippen molar-refractivity contribution in [1.29, 1.82) is 0 Å². The van der Waals surface area contributed by atoms with Crippen molar-refractivity contribution in [1.82, 2.24) is 9.88 Å². The molecule has 1 saturated heterocycles. The Hall–Kier alpha value is -3.95. The van der Waals surface area contributed by atoms with Crippen molar-refractivity contribution in [3.05, 3.63) is 113 Å². The zero-order valence-corrected chi connectivity index (χ0v) is 24.9. The number of aryl methyl sites for hydroxylation is 1. The van der Waals surface area contributed by atoms with Crippen molar-refractivity contribution in [2.45, 2.75) is 42.8 Å². The summed E-state index contributed by atoms with van der Waals surface area (Å²) in [4.78, 5) is 18.3. The van der Waals surface area contributed by atoms with E-state index in [1.54, 1.807) is 29.3 Å². The highest BCUT2D eigenvalue weighted by Gasteiger charge is 2.41. The fraction of sp³-hybridized carbons (Fsp3) is 0.273. The van der Waals surface area contributed by atoms with E-state index in [1.165, 1.54) is 12.1 Å². The highest BCUT2D eigenvalue weighted by molar-refractivity contribution is 7.89. The molecule has 1 fully saturated rings. The number of pyridine rings is 1. The van der Waals surface area contributed by atoms with E-state index in [4.69, 9.17) is 21.1 Å². The first-order chi connectivity index (χ1) is 20.7. The van der Waals surface area contributed by atoms with Crippen LogP contribution in [0, 0.1) is 5.82 Å². The van der Waals surface area contributed by atoms with Crippen LogP contribution in [-0.2, 0) is 27.8 Å². The molecule has 0 aliphatic carbocycles. The average Bonchev–Trinajstić information content (AvgIpc) is 2.99. The van der Waals surface area contributed by atoms with Crippen molar-refractivity contribution in [2.75, 3.05) is 13.1 Å². The van der Waals surface area contributed by atoms with Crippen LogP contribution in [0.2, 0.25) is 5.02 Å². The van der Waals surface area contributed by atoms with Gasteiger partial charge in [0.05, 0.1) is 17.2 Å². The maximum Gasteiger partial charge on any atom is 0.415 e. The Bertz CT molecular complexity index is 1740. The Kier molecular flexibility index (Phi) is 8.11. The molecular formula is C33H30ClFN2O5S. The minimum absolute atomic E-state index is 0.0445. The van der Waals surface area contributed by atoms with Gasteiger partial charge in [-0.05, 0) is 77.6 Å². The van der Waals surface area contributed by atoms with Crippen molar-refractivity contribution in [3.63, 3.8) is 0 Å². The molecular weight excluding hydrogens is 591 g/mol. The number of rotatable bonds is 6. The summed E-state index contributed by atoms with van der Waals surface area (Å²) in [5.74, 6) is -0.119. The number of piperidine rings is 1. The largest absolute Gasteiger partial charge is 0.487 e. The molecule has 0 atom stereocenters. The van der Waals surface area contributed by atoms with E-state index in [0.29, 0.717) is 31.6 Å². The van der Waals surface area contributed by atoms with E-state index in [-0.39, 0.29) is 27.9 Å². The molecule has 0 N–H and O–H groups in total. The van der Waals surface area contributed by atoms with Crippen LogP contribution in [0.3, 0.4) is 0 Å². The molecule has 1 amide bonds. The normalized spacial score (nSPS) is 15.9. The first-order valence-corrected chi connectivity index (χ1v) is 16.3. The van der Waals surface area contributed by atoms with Crippen LogP contribution < -0.4 is 9.47 Å². The predicted molar refractivity (Wildman–Crippen MR) is 162 cm³/mol. The molecule has 10 heteroatoms. The van der Waals surface area contributed by atoms with Crippen molar-refractivity contribution < 1.29 is 27.1 Å². The van der Waals surface area contributed by atoms with E-state index >= 15 is 0 Å². The van der Waals surface area contributed by atoms with E-state index in [2.05, 4.69) is 11.1 Å². The lowest BCUT2D eigenvalue weighted by molar-refractivity contribution is -0.00959. The molecule has 43 heavy (non-hydrogen) atoms. The van der Waals surface area contributed by atoms with Gasteiger partial charge in [-0.25, -0.2) is 17.6 Å². The molecule has 1 spiro atoms. The van der Waals surface area contributed by atoms with Crippen LogP contribution in [0.15, 0.2) is 85.1 Å². The number of benzene rings is 3. The number of ether oxygens (including phenoxy) is 2. The van der Waals surface area contributed by atoms with Gasteiger partial charge in [0, 0.05) is 37.2 Å². The minimum atomic E-state index is -3.34. The summed E-state index contributed by atoms with van der Waals surface area (Å²) in [7, 11) is -3.34. The fourth-order valence-electron chi connectivity index (χ4n) is 5.67. The summed E-state index contributed by atoms with van der Waals surface area (Å²) < 4.78 is 51.2. The Balaban J connectivity index is 1.06. The molecule has 0 bridgehead atoms. The standard InChI is InChI=1S/C33H30ClFN2O5S/c34-27-9-11-31(29(35)20-27)41-32(38)37-17-14-33(15-18-37)13-12-26-19-25(8-10-30(26)42-33)24-6-4-23(5-7-24)21-43(39,40)22-28-3-1-2-16-36-28/h1-11,16,19-20H,12-15,17-18,21-22H2. The summed E-state index contributed by atoms with van der Waals surface area (Å²) in [6.07, 6.45) is 3.97. The fourth-order valence-corrected chi connectivity index (χ4v) is 7.26. The number of halogens is 2. The number of aromatic nitrogens is 1. The molecule has 0 saturated carbocycles. The van der Waals surface area contributed by atoms with Gasteiger partial charge in [0.2, 0.25) is 0 Å². The molecule has 6 rings (SSSR count). The highest BCUT2D eigenvalue weighted by atomic mass is 35.5. The van der Waals surface area contributed by atoms with Gasteiger partial charge in [-0.1, -0.05) is 48.0 Å². The number of likely N-dealkylation sites (tertiary alicyclic amines) is 1. The van der Waals surface area contributed by atoms with Gasteiger partial charge >= 0.3 is 6.09 Å². The quantitative estimate of drug-likeness (QED) is 0.230. The van der Waals surface area contributed by atoms with Gasteiger partial charge < -0.3 is 14.4 Å². The lowest BCUT2D eigenvalue weighted by Gasteiger charge is -2.44. The molecule has 2 aliphatic heterocycles. The maximum atomic E-state index is 14.1. The van der Waals surface area contributed by atoms with Gasteiger partial charge in [0.1, 0.15) is 11.4 Å². The number of fused-ring (bicyclic) bond motifs is 1. The number of nitrogens with zero attached hydrogens (tertiary/aromatic N) is 2. The predicted octanol–water partition coefficient (Wildman–Crippen LogP) is 7.01. The first-order valence-electron chi connectivity index (χ1n) is 14.1. The van der Waals surface area contributed by atoms with Crippen LogP contribution in [-0.4, -0.2) is 43.1 Å². The lowest BCUT2D eigenvalue weighted by atomic mass is 9.82. The van der Waals surface area contributed by atoms with Crippen LogP contribution >= 0.6 is 11.6 Å². The molecule has 7 nitrogen and oxygen atoms in total. The topological polar surface area (TPSA) is 85.8 Å². The summed E-state index contributed by atoms with van der Waals surface area (Å²) in [5.41, 5.74) is 4.06. The van der Waals surface area contributed by atoms with Crippen LogP contribution in [0.1, 0.15) is 36.1 Å². The molecule has 1 aromatic heterocycles. The van der Waals surface area contributed by atoms with Crippen molar-refractivity contribution >= 4 is 27.5 Å². The second-order valence-electron chi connectivity index (χ2n) is 11.1. The summed E-state index contributed by atoms with van der Waals surface area (Å²) >= 11 is 5.78. The monoisotopic (exact) mass is 620 g/mol. The smallest absolute Gasteiger partial charge is 0.415 e. The van der Waals surface area contributed by atoms with E-state index in [0.717, 1.165) is 46.9 Å². The second-order valence-corrected chi connectivity index (χ2v) is 13.6. The SMILES string of the molecule is O=C(Oc1ccc(Cl)cc1F)N1CCC2(CCc3cc(-c4ccc(CS(=O)(=O)Cc5ccccn5)cc4)ccc3O2)CC1. The van der Waals surface area contributed by atoms with Crippen LogP contribution in [0.25, 0.3) is 11.1 Å². The number of carbonyl (C=O) groups excluding carboxylic acids is 1. The van der Waals surface area contributed by atoms with Gasteiger partial charge in [-0.2, -0.15) is 0 Å². The Morgan fingerprint density at radius 2 is 1.72 bits per heavy atom. The second kappa shape index (κ2) is 12.0. The number of sulfone groups is 1. The Labute approximate surface area is 255 Å². The highest BCUT2D eigenvalue weighted by Crippen LogP contribution is 2.41. The third kappa shape index (κ3) is 6.84. The Morgan fingerprint density at radius 1 is 0.953 bits per heavy atom. The molecule has 0 unspecified atom stereocenters. The minimum Gasteiger partial charge on any atom is -0.487 e. The molecule has 4 aromatic rings. The molecule has 3 heterocycles. The zero-order valence-electron chi connectivity index (χ0n) is 23.3. The van der Waals surface area contributed by atoms with E-state index in [1.807, 2.05) is 36.4 Å². The molecule has 2 aliphatic rings. The molecule has 222 valence electrons. The number of hydrogen-bond acceptors (Lipinski definition) is 6. The summed E-state index contributed by atoms with van der Waals surface area (Å²) in [6, 6.07) is 22.9. The summed E-state index contributed by atoms with van der Waals surface area (Å²) in [5, 5.41) is 0.234. The number of hydrogen-bond donors (Lipinski definition) is 0. The van der Waals surface area contributed by atoms with Crippen LogP contribution in [0.4, 0.5) is 9.18 Å². The van der Waals surface area contributed by atoms with Gasteiger partial charge in [-0.15, -0.1) is 0 Å². The third-order valence-electron chi connectivity index (χ3n) is 8.03. The van der Waals surface area contributed by atoms with Crippen molar-refractivity contribution in [2.24, 2.45) is 0 Å². The zero-order chi connectivity index (χ0) is 30.0. The molecule has 3 aromatic carbocycles. The Morgan fingerprint density at radius 3 is 2.44 bits per heavy atom. The van der Waals surface area contributed by atoms with E-state index in [9.17, 15) is 17.6 Å². The maximum absolute atomic E-state index is 14.1. The number of amides is 1. The van der Waals surface area contributed by atoms with E-state index < -0.39 is 21.7 Å². The third-order valence-corrected chi connectivity index (χ3v) is 9.77. The van der Waals surface area contributed by atoms with Gasteiger partial charge in [0.25, 0.3) is 0 Å². The van der Waals surface area contributed by atoms with Gasteiger partial charge in [-0.3, -0.25) is 4.98 Å². The molecule has 0 radical (unpaired) electrons. The summed E-state index contributed by atoms with van der Waals surface area (Å²) in [6.45, 7) is 0.900. The number of carbonyl (C=O) groups is 1. The van der Waals surface area contributed by atoms with Crippen LogP contribution in [0.5, 0.6) is 11.5 Å². The first kappa shape index (κ1) is 29.1.